The Morgan fingerprint density at radius 3 is 2.70 bits per heavy atom. The molecular formula is C16H21N3O4. The van der Waals surface area contributed by atoms with E-state index in [2.05, 4.69) is 10.5 Å². The molecule has 4 rings (SSSR count). The van der Waals surface area contributed by atoms with Gasteiger partial charge in [0.25, 0.3) is 5.91 Å². The van der Waals surface area contributed by atoms with Crippen LogP contribution in [0.25, 0.3) is 0 Å². The third-order valence-corrected chi connectivity index (χ3v) is 5.06. The maximum atomic E-state index is 12.9. The van der Waals surface area contributed by atoms with Gasteiger partial charge in [-0.15, -0.1) is 0 Å². The summed E-state index contributed by atoms with van der Waals surface area (Å²) in [5.74, 6) is 0.142. The zero-order chi connectivity index (χ0) is 16.1. The maximum absolute atomic E-state index is 12.9. The van der Waals surface area contributed by atoms with Crippen LogP contribution in [0.4, 0.5) is 0 Å². The third-order valence-electron chi connectivity index (χ3n) is 5.06. The van der Waals surface area contributed by atoms with E-state index in [-0.39, 0.29) is 29.9 Å². The predicted octanol–water partition coefficient (Wildman–Crippen LogP) is 0.800. The second kappa shape index (κ2) is 5.33. The highest BCUT2D eigenvalue weighted by Crippen LogP contribution is 2.35. The van der Waals surface area contributed by atoms with Gasteiger partial charge in [0, 0.05) is 19.2 Å². The molecule has 0 bridgehead atoms. The largest absolute Gasteiger partial charge is 0.375 e. The van der Waals surface area contributed by atoms with Crippen LogP contribution < -0.4 is 5.32 Å². The molecule has 0 radical (unpaired) electrons. The Labute approximate surface area is 134 Å². The average Bonchev–Trinajstić information content (AvgIpc) is 2.94. The second-order valence-electron chi connectivity index (χ2n) is 6.74. The Hall–Kier alpha value is -1.89. The van der Waals surface area contributed by atoms with Crippen LogP contribution in [0, 0.1) is 19.8 Å². The van der Waals surface area contributed by atoms with Gasteiger partial charge >= 0.3 is 0 Å². The number of carbonyl (C=O) groups excluding carboxylic acids is 2. The lowest BCUT2D eigenvalue weighted by Crippen LogP contribution is -2.39. The highest BCUT2D eigenvalue weighted by Gasteiger charge is 2.51. The Morgan fingerprint density at radius 2 is 2.04 bits per heavy atom. The standard InChI is InChI=1S/C16H21N3O4/c1-8-13(9(2)23-18-8)16(21)19-7-11(14-12(19)5-6-22-14)15(20)17-10-3-4-10/h10-12,14H,3-7H2,1-2H3,(H,17,20)/t11-,12-,14-/m0/s1. The number of fused-ring (bicyclic) bond motifs is 1. The van der Waals surface area contributed by atoms with E-state index in [0.29, 0.717) is 36.2 Å². The lowest BCUT2D eigenvalue weighted by Gasteiger charge is -2.22. The zero-order valence-electron chi connectivity index (χ0n) is 13.4. The van der Waals surface area contributed by atoms with Crippen LogP contribution in [0.1, 0.15) is 41.1 Å². The summed E-state index contributed by atoms with van der Waals surface area (Å²) in [6.07, 6.45) is 2.68. The molecule has 1 N–H and O–H groups in total. The molecule has 3 atom stereocenters. The van der Waals surface area contributed by atoms with Crippen molar-refractivity contribution < 1.29 is 18.8 Å². The summed E-state index contributed by atoms with van der Waals surface area (Å²) in [6, 6.07) is 0.279. The van der Waals surface area contributed by atoms with E-state index in [1.54, 1.807) is 18.7 Å². The fourth-order valence-corrected chi connectivity index (χ4v) is 3.70. The summed E-state index contributed by atoms with van der Waals surface area (Å²) in [5.41, 5.74) is 1.10. The number of nitrogens with one attached hydrogen (secondary N) is 1. The average molecular weight is 319 g/mol. The number of rotatable bonds is 3. The van der Waals surface area contributed by atoms with E-state index in [1.807, 2.05) is 0 Å². The minimum atomic E-state index is -0.285. The summed E-state index contributed by atoms with van der Waals surface area (Å²) >= 11 is 0. The Balaban J connectivity index is 1.57. The number of carbonyl (C=O) groups is 2. The Morgan fingerprint density at radius 1 is 1.26 bits per heavy atom. The molecular weight excluding hydrogens is 298 g/mol. The quantitative estimate of drug-likeness (QED) is 0.891. The molecule has 7 heteroatoms. The number of amides is 2. The predicted molar refractivity (Wildman–Crippen MR) is 79.8 cm³/mol. The van der Waals surface area contributed by atoms with Crippen molar-refractivity contribution in [3.63, 3.8) is 0 Å². The van der Waals surface area contributed by atoms with Gasteiger partial charge in [-0.05, 0) is 33.1 Å². The van der Waals surface area contributed by atoms with Crippen molar-refractivity contribution in [2.24, 2.45) is 5.92 Å². The molecule has 0 aromatic carbocycles. The summed E-state index contributed by atoms with van der Waals surface area (Å²) < 4.78 is 10.9. The van der Waals surface area contributed by atoms with Crippen LogP contribution in [0.5, 0.6) is 0 Å². The van der Waals surface area contributed by atoms with Gasteiger partial charge in [-0.3, -0.25) is 9.59 Å². The summed E-state index contributed by atoms with van der Waals surface area (Å²) in [5, 5.41) is 6.90. The monoisotopic (exact) mass is 319 g/mol. The van der Waals surface area contributed by atoms with Gasteiger partial charge in [0.05, 0.1) is 23.8 Å². The van der Waals surface area contributed by atoms with E-state index in [0.717, 1.165) is 19.3 Å². The highest BCUT2D eigenvalue weighted by molar-refractivity contribution is 5.97. The first-order valence-corrected chi connectivity index (χ1v) is 8.22. The van der Waals surface area contributed by atoms with Gasteiger partial charge in [-0.2, -0.15) is 0 Å². The molecule has 3 heterocycles. The minimum absolute atomic E-state index is 0.0125. The number of ether oxygens (including phenoxy) is 1. The van der Waals surface area contributed by atoms with Crippen LogP contribution in [0.3, 0.4) is 0 Å². The van der Waals surface area contributed by atoms with Gasteiger partial charge in [-0.25, -0.2) is 0 Å². The molecule has 3 aliphatic rings. The normalized spacial score (nSPS) is 29.7. The lowest BCUT2D eigenvalue weighted by atomic mass is 10.0. The van der Waals surface area contributed by atoms with Crippen molar-refractivity contribution in [1.82, 2.24) is 15.4 Å². The van der Waals surface area contributed by atoms with Crippen molar-refractivity contribution in [2.45, 2.75) is 51.3 Å². The number of hydrogen-bond acceptors (Lipinski definition) is 5. The molecule has 2 amide bonds. The number of likely N-dealkylation sites (tertiary alicyclic amines) is 1. The molecule has 1 aromatic heterocycles. The van der Waals surface area contributed by atoms with Crippen LogP contribution in [0.15, 0.2) is 4.52 Å². The molecule has 23 heavy (non-hydrogen) atoms. The third kappa shape index (κ3) is 2.43. The first kappa shape index (κ1) is 14.7. The maximum Gasteiger partial charge on any atom is 0.259 e. The van der Waals surface area contributed by atoms with E-state index >= 15 is 0 Å². The molecule has 1 aromatic rings. The smallest absolute Gasteiger partial charge is 0.259 e. The number of hydrogen-bond donors (Lipinski definition) is 1. The van der Waals surface area contributed by atoms with E-state index < -0.39 is 0 Å². The molecule has 0 unspecified atom stereocenters. The van der Waals surface area contributed by atoms with Crippen molar-refractivity contribution in [1.29, 1.82) is 0 Å². The fourth-order valence-electron chi connectivity index (χ4n) is 3.70. The minimum Gasteiger partial charge on any atom is -0.375 e. The topological polar surface area (TPSA) is 84.7 Å². The molecule has 3 fully saturated rings. The SMILES string of the molecule is Cc1noc(C)c1C(=O)N1C[C@H](C(=O)NC2CC2)[C@@H]2OCC[C@@H]21. The van der Waals surface area contributed by atoms with Crippen LogP contribution in [-0.2, 0) is 9.53 Å². The van der Waals surface area contributed by atoms with Crippen molar-refractivity contribution in [2.75, 3.05) is 13.2 Å². The summed E-state index contributed by atoms with van der Waals surface area (Å²) in [4.78, 5) is 27.2. The Bertz CT molecular complexity index is 632. The molecule has 1 aliphatic carbocycles. The van der Waals surface area contributed by atoms with E-state index in [1.165, 1.54) is 0 Å². The molecule has 7 nitrogen and oxygen atoms in total. The lowest BCUT2D eigenvalue weighted by molar-refractivity contribution is -0.127. The Kier molecular flexibility index (Phi) is 3.41. The fraction of sp³-hybridized carbons (Fsp3) is 0.688. The highest BCUT2D eigenvalue weighted by atomic mass is 16.5. The molecule has 2 aliphatic heterocycles. The number of nitrogens with zero attached hydrogens (tertiary/aromatic N) is 2. The van der Waals surface area contributed by atoms with Gasteiger partial charge in [0.1, 0.15) is 11.3 Å². The van der Waals surface area contributed by atoms with E-state index in [4.69, 9.17) is 9.26 Å². The van der Waals surface area contributed by atoms with Crippen LogP contribution in [0.2, 0.25) is 0 Å². The first-order valence-electron chi connectivity index (χ1n) is 8.22. The van der Waals surface area contributed by atoms with Crippen molar-refractivity contribution in [3.05, 3.63) is 17.0 Å². The van der Waals surface area contributed by atoms with Gasteiger partial charge in [0.2, 0.25) is 5.91 Å². The number of aryl methyl sites for hydroxylation is 2. The van der Waals surface area contributed by atoms with Crippen molar-refractivity contribution in [3.8, 4) is 0 Å². The first-order chi connectivity index (χ1) is 11.1. The summed E-state index contributed by atoms with van der Waals surface area (Å²) in [6.45, 7) is 4.49. The molecule has 1 saturated carbocycles. The summed E-state index contributed by atoms with van der Waals surface area (Å²) in [7, 11) is 0. The second-order valence-corrected chi connectivity index (χ2v) is 6.74. The molecule has 124 valence electrons. The van der Waals surface area contributed by atoms with Crippen LogP contribution >= 0.6 is 0 Å². The van der Waals surface area contributed by atoms with Crippen molar-refractivity contribution >= 4 is 11.8 Å². The van der Waals surface area contributed by atoms with E-state index in [9.17, 15) is 9.59 Å². The zero-order valence-corrected chi connectivity index (χ0v) is 13.4. The van der Waals surface area contributed by atoms with Crippen LogP contribution in [-0.4, -0.2) is 53.2 Å². The van der Waals surface area contributed by atoms with Gasteiger partial charge < -0.3 is 19.5 Å². The number of aromatic nitrogens is 1. The van der Waals surface area contributed by atoms with Gasteiger partial charge in [0.15, 0.2) is 0 Å². The molecule has 0 spiro atoms. The van der Waals surface area contributed by atoms with Gasteiger partial charge in [-0.1, -0.05) is 5.16 Å². The molecule has 2 saturated heterocycles.